The number of aromatic nitrogens is 1. The third-order valence-electron chi connectivity index (χ3n) is 5.25. The minimum absolute atomic E-state index is 0.381. The van der Waals surface area contributed by atoms with Gasteiger partial charge in [-0.1, -0.05) is 12.1 Å². The van der Waals surface area contributed by atoms with Crippen LogP contribution in [0.3, 0.4) is 0 Å². The zero-order chi connectivity index (χ0) is 19.0. The van der Waals surface area contributed by atoms with E-state index in [2.05, 4.69) is 4.98 Å². The summed E-state index contributed by atoms with van der Waals surface area (Å²) in [6.45, 7) is 0.562. The summed E-state index contributed by atoms with van der Waals surface area (Å²) in [5.41, 5.74) is 1.72. The van der Waals surface area contributed by atoms with Crippen molar-refractivity contribution >= 4 is 17.5 Å². The molecule has 6 heteroatoms. The number of hydrogen-bond acceptors (Lipinski definition) is 5. The van der Waals surface area contributed by atoms with E-state index in [1.165, 1.54) is 0 Å². The fourth-order valence-electron chi connectivity index (χ4n) is 3.50. The van der Waals surface area contributed by atoms with Gasteiger partial charge in [-0.15, -0.1) is 0 Å². The molecule has 1 aromatic carbocycles. The molecule has 27 heavy (non-hydrogen) atoms. The molecule has 1 atom stereocenters. The van der Waals surface area contributed by atoms with Gasteiger partial charge in [0.2, 0.25) is 5.78 Å². The van der Waals surface area contributed by atoms with Crippen LogP contribution in [0.2, 0.25) is 0 Å². The Kier molecular flexibility index (Phi) is 4.56. The van der Waals surface area contributed by atoms with Crippen LogP contribution < -0.4 is 14.4 Å². The van der Waals surface area contributed by atoms with E-state index in [0.29, 0.717) is 30.5 Å². The standard InChI is InChI=1S/C21H22N2O4/c1-26-15-7-5-13(6-8-15)9-17-18-10-16(27-2)11-22-20(18)23(12-14-3-4-14)21(25)19(17)24/h5-8,10-11,14,17H,3-4,9,12H2,1-2H3. The summed E-state index contributed by atoms with van der Waals surface area (Å²) in [7, 11) is 3.18. The summed E-state index contributed by atoms with van der Waals surface area (Å²) < 4.78 is 10.5. The first-order chi connectivity index (χ1) is 13.1. The van der Waals surface area contributed by atoms with Gasteiger partial charge in [0.25, 0.3) is 5.91 Å². The molecule has 2 heterocycles. The molecule has 1 saturated carbocycles. The Morgan fingerprint density at radius 1 is 1.07 bits per heavy atom. The number of ketones is 1. The summed E-state index contributed by atoms with van der Waals surface area (Å²) >= 11 is 0. The summed E-state index contributed by atoms with van der Waals surface area (Å²) in [5, 5.41) is 0. The lowest BCUT2D eigenvalue weighted by atomic mass is 9.85. The molecule has 0 spiro atoms. The summed E-state index contributed by atoms with van der Waals surface area (Å²) in [6, 6.07) is 9.38. The lowest BCUT2D eigenvalue weighted by molar-refractivity contribution is -0.137. The van der Waals surface area contributed by atoms with Gasteiger partial charge in [0.1, 0.15) is 17.3 Å². The highest BCUT2D eigenvalue weighted by Gasteiger charge is 2.42. The van der Waals surface area contributed by atoms with E-state index >= 15 is 0 Å². The normalized spacial score (nSPS) is 19.0. The van der Waals surface area contributed by atoms with Gasteiger partial charge in [-0.3, -0.25) is 14.5 Å². The lowest BCUT2D eigenvalue weighted by Crippen LogP contribution is -2.46. The number of pyridine rings is 1. The van der Waals surface area contributed by atoms with Crippen LogP contribution in [0, 0.1) is 5.92 Å². The Labute approximate surface area is 158 Å². The number of rotatable bonds is 6. The van der Waals surface area contributed by atoms with Crippen molar-refractivity contribution in [2.24, 2.45) is 5.92 Å². The summed E-state index contributed by atoms with van der Waals surface area (Å²) in [4.78, 5) is 31.8. The van der Waals surface area contributed by atoms with Gasteiger partial charge in [-0.2, -0.15) is 0 Å². The Morgan fingerprint density at radius 3 is 2.41 bits per heavy atom. The van der Waals surface area contributed by atoms with E-state index < -0.39 is 11.8 Å². The molecule has 2 aliphatic rings. The van der Waals surface area contributed by atoms with Gasteiger partial charge in [0, 0.05) is 12.1 Å². The molecule has 1 aromatic heterocycles. The zero-order valence-corrected chi connectivity index (χ0v) is 15.5. The number of carbonyl (C=O) groups excluding carboxylic acids is 2. The van der Waals surface area contributed by atoms with Crippen LogP contribution >= 0.6 is 0 Å². The number of ether oxygens (including phenoxy) is 2. The van der Waals surface area contributed by atoms with Gasteiger partial charge in [0.05, 0.1) is 26.3 Å². The smallest absolute Gasteiger partial charge is 0.296 e. The van der Waals surface area contributed by atoms with E-state index in [4.69, 9.17) is 9.47 Å². The molecule has 0 bridgehead atoms. The SMILES string of the molecule is COc1ccc(CC2C(=O)C(=O)N(CC3CC3)c3ncc(OC)cc32)cc1. The number of hydrogen-bond donors (Lipinski definition) is 0. The van der Waals surface area contributed by atoms with Gasteiger partial charge >= 0.3 is 0 Å². The van der Waals surface area contributed by atoms with E-state index in [9.17, 15) is 9.59 Å². The highest BCUT2D eigenvalue weighted by molar-refractivity contribution is 6.44. The molecule has 1 aliphatic heterocycles. The first-order valence-electron chi connectivity index (χ1n) is 9.13. The highest BCUT2D eigenvalue weighted by Crippen LogP contribution is 2.39. The van der Waals surface area contributed by atoms with Gasteiger partial charge in [-0.25, -0.2) is 4.98 Å². The third-order valence-corrected chi connectivity index (χ3v) is 5.25. The Bertz CT molecular complexity index is 874. The van der Waals surface area contributed by atoms with Crippen molar-refractivity contribution in [3.63, 3.8) is 0 Å². The molecule has 6 nitrogen and oxygen atoms in total. The van der Waals surface area contributed by atoms with Crippen LogP contribution in [0.4, 0.5) is 5.82 Å². The van der Waals surface area contributed by atoms with Crippen molar-refractivity contribution in [2.45, 2.75) is 25.2 Å². The van der Waals surface area contributed by atoms with E-state index in [-0.39, 0.29) is 5.78 Å². The van der Waals surface area contributed by atoms with Crippen LogP contribution in [-0.4, -0.2) is 37.4 Å². The van der Waals surface area contributed by atoms with Gasteiger partial charge in [-0.05, 0) is 48.9 Å². The van der Waals surface area contributed by atoms with Crippen molar-refractivity contribution < 1.29 is 19.1 Å². The maximum Gasteiger partial charge on any atom is 0.296 e. The second-order valence-electron chi connectivity index (χ2n) is 7.12. The minimum Gasteiger partial charge on any atom is -0.497 e. The molecule has 2 aromatic rings. The Balaban J connectivity index is 1.71. The number of anilines is 1. The lowest BCUT2D eigenvalue weighted by Gasteiger charge is -2.32. The molecule has 0 radical (unpaired) electrons. The van der Waals surface area contributed by atoms with Gasteiger partial charge < -0.3 is 9.47 Å². The van der Waals surface area contributed by atoms with Crippen molar-refractivity contribution in [1.82, 2.24) is 4.98 Å². The number of fused-ring (bicyclic) bond motifs is 1. The average Bonchev–Trinajstić information content (AvgIpc) is 3.53. The third kappa shape index (κ3) is 3.39. The maximum atomic E-state index is 12.9. The number of Topliss-reactive ketones (excluding diaryl/α,β-unsaturated/α-hetero) is 1. The fourth-order valence-corrected chi connectivity index (χ4v) is 3.50. The number of nitrogens with zero attached hydrogens (tertiary/aromatic N) is 2. The average molecular weight is 366 g/mol. The largest absolute Gasteiger partial charge is 0.497 e. The quantitative estimate of drug-likeness (QED) is 0.736. The predicted molar refractivity (Wildman–Crippen MR) is 100 cm³/mol. The van der Waals surface area contributed by atoms with E-state index in [0.717, 1.165) is 29.7 Å². The Hall–Kier alpha value is -2.89. The van der Waals surface area contributed by atoms with Crippen molar-refractivity contribution in [3.05, 3.63) is 47.7 Å². The van der Waals surface area contributed by atoms with Crippen LogP contribution in [0.15, 0.2) is 36.5 Å². The molecular formula is C21H22N2O4. The maximum absolute atomic E-state index is 12.9. The number of benzene rings is 1. The monoisotopic (exact) mass is 366 g/mol. The van der Waals surface area contributed by atoms with Crippen LogP contribution in [0.25, 0.3) is 0 Å². The molecule has 1 fully saturated rings. The number of amides is 1. The molecule has 4 rings (SSSR count). The molecule has 0 saturated heterocycles. The first kappa shape index (κ1) is 17.5. The first-order valence-corrected chi connectivity index (χ1v) is 9.13. The minimum atomic E-state index is -0.557. The van der Waals surface area contributed by atoms with E-state index in [1.54, 1.807) is 25.3 Å². The Morgan fingerprint density at radius 2 is 1.78 bits per heavy atom. The summed E-state index contributed by atoms with van der Waals surface area (Å²) in [6.07, 6.45) is 4.23. The molecule has 1 amide bonds. The topological polar surface area (TPSA) is 68.7 Å². The predicted octanol–water partition coefficient (Wildman–Crippen LogP) is 2.75. The van der Waals surface area contributed by atoms with Crippen molar-refractivity contribution in [3.8, 4) is 11.5 Å². The molecule has 140 valence electrons. The van der Waals surface area contributed by atoms with Gasteiger partial charge in [0.15, 0.2) is 0 Å². The second kappa shape index (κ2) is 7.02. The van der Waals surface area contributed by atoms with E-state index in [1.807, 2.05) is 30.3 Å². The molecule has 0 N–H and O–H groups in total. The van der Waals surface area contributed by atoms with Crippen LogP contribution in [0.5, 0.6) is 11.5 Å². The number of carbonyl (C=O) groups is 2. The second-order valence-corrected chi connectivity index (χ2v) is 7.12. The fraction of sp³-hybridized carbons (Fsp3) is 0.381. The molecular weight excluding hydrogens is 344 g/mol. The number of methoxy groups -OCH3 is 2. The summed E-state index contributed by atoms with van der Waals surface area (Å²) in [5.74, 6) is 1.01. The molecule has 1 unspecified atom stereocenters. The van der Waals surface area contributed by atoms with Crippen LogP contribution in [-0.2, 0) is 16.0 Å². The highest BCUT2D eigenvalue weighted by atomic mass is 16.5. The molecule has 1 aliphatic carbocycles. The van der Waals surface area contributed by atoms with Crippen molar-refractivity contribution in [1.29, 1.82) is 0 Å². The van der Waals surface area contributed by atoms with Crippen molar-refractivity contribution in [2.75, 3.05) is 25.7 Å². The van der Waals surface area contributed by atoms with Crippen LogP contribution in [0.1, 0.15) is 29.9 Å². The zero-order valence-electron chi connectivity index (χ0n) is 15.5.